The number of rotatable bonds is 5. The molecule has 0 atom stereocenters. The van der Waals surface area contributed by atoms with Gasteiger partial charge in [-0.3, -0.25) is 0 Å². The van der Waals surface area contributed by atoms with Gasteiger partial charge in [-0.2, -0.15) is 23.9 Å². The van der Waals surface area contributed by atoms with E-state index in [1.807, 2.05) is 95.3 Å². The second-order valence-electron chi connectivity index (χ2n) is 10.4. The first-order valence-electron chi connectivity index (χ1n) is 12.6. The van der Waals surface area contributed by atoms with E-state index in [-0.39, 0.29) is 26.5 Å². The first-order chi connectivity index (χ1) is 18.3. The Morgan fingerprint density at radius 1 is 0.872 bits per heavy atom. The summed E-state index contributed by atoms with van der Waals surface area (Å²) in [5.41, 5.74) is 4.77. The molecule has 39 heavy (non-hydrogen) atoms. The largest absolute Gasteiger partial charge is 0.510 e. The third kappa shape index (κ3) is 5.48. The molecule has 0 radical (unpaired) electrons. The zero-order chi connectivity index (χ0) is 26.3. The van der Waals surface area contributed by atoms with Gasteiger partial charge < -0.3 is 14.5 Å². The second-order valence-corrected chi connectivity index (χ2v) is 10.4. The zero-order valence-electron chi connectivity index (χ0n) is 22.2. The van der Waals surface area contributed by atoms with Crippen molar-refractivity contribution in [3.05, 3.63) is 116 Å². The normalized spacial score (nSPS) is 13.1. The van der Waals surface area contributed by atoms with Crippen molar-refractivity contribution in [2.24, 2.45) is 0 Å². The van der Waals surface area contributed by atoms with E-state index in [0.29, 0.717) is 11.5 Å². The molecule has 6 rings (SSSR count). The smallest absolute Gasteiger partial charge is 0.151 e. The summed E-state index contributed by atoms with van der Waals surface area (Å²) in [7, 11) is 1.99. The molecule has 0 N–H and O–H groups in total. The van der Waals surface area contributed by atoms with Crippen LogP contribution in [0.25, 0.3) is 28.0 Å². The average Bonchev–Trinajstić information content (AvgIpc) is 3.53. The minimum Gasteiger partial charge on any atom is -0.510 e. The first kappa shape index (κ1) is 26.7. The van der Waals surface area contributed by atoms with Crippen LogP contribution in [0.5, 0.6) is 11.5 Å². The van der Waals surface area contributed by atoms with Crippen LogP contribution in [0, 0.1) is 18.8 Å². The van der Waals surface area contributed by atoms with Crippen molar-refractivity contribution in [1.29, 1.82) is 0 Å². The van der Waals surface area contributed by atoms with Gasteiger partial charge in [0, 0.05) is 44.5 Å². The molecular formula is C32H28N5OPt-3. The number of fused-ring (bicyclic) bond motifs is 1. The molecule has 0 saturated carbocycles. The average molecular weight is 694 g/mol. The van der Waals surface area contributed by atoms with Crippen LogP contribution in [0.15, 0.2) is 91.4 Å². The topological polar surface area (TPSA) is 46.4 Å². The van der Waals surface area contributed by atoms with Crippen LogP contribution in [0.2, 0.25) is 0 Å². The van der Waals surface area contributed by atoms with Crippen molar-refractivity contribution in [3.8, 4) is 28.6 Å². The molecule has 0 aliphatic carbocycles. The van der Waals surface area contributed by atoms with Gasteiger partial charge in [0.25, 0.3) is 0 Å². The summed E-state index contributed by atoms with van der Waals surface area (Å²) in [6.07, 6.45) is 5.81. The zero-order valence-corrected chi connectivity index (χ0v) is 24.5. The minimum atomic E-state index is -0.0154. The van der Waals surface area contributed by atoms with Crippen molar-refractivity contribution in [2.75, 3.05) is 11.9 Å². The number of benzene rings is 3. The number of pyridine rings is 1. The molecule has 200 valence electrons. The van der Waals surface area contributed by atoms with Crippen molar-refractivity contribution in [3.63, 3.8) is 0 Å². The maximum absolute atomic E-state index is 6.25. The SMILES string of the molecule is CN1C=CN(c2[c-]c(Oc3[c-]c4c(cc3)c(-c3ccccc3)nn4-c3cc(C(C)(C)C)ccn3)ccc2)[CH-]1.[Pt]. The van der Waals surface area contributed by atoms with E-state index < -0.39 is 0 Å². The molecule has 5 aromatic rings. The molecule has 0 fully saturated rings. The van der Waals surface area contributed by atoms with Gasteiger partial charge in [0.1, 0.15) is 0 Å². The Morgan fingerprint density at radius 2 is 1.67 bits per heavy atom. The molecule has 6 nitrogen and oxygen atoms in total. The fourth-order valence-corrected chi connectivity index (χ4v) is 4.42. The van der Waals surface area contributed by atoms with Gasteiger partial charge in [0.15, 0.2) is 5.82 Å². The van der Waals surface area contributed by atoms with Crippen LogP contribution in [-0.2, 0) is 26.5 Å². The number of ether oxygens (including phenoxy) is 1. The van der Waals surface area contributed by atoms with Crippen LogP contribution in [-0.4, -0.2) is 26.7 Å². The predicted molar refractivity (Wildman–Crippen MR) is 151 cm³/mol. The molecule has 0 amide bonds. The van der Waals surface area contributed by atoms with Crippen LogP contribution in [0.3, 0.4) is 0 Å². The maximum atomic E-state index is 6.25. The molecular weight excluding hydrogens is 665 g/mol. The summed E-state index contributed by atoms with van der Waals surface area (Å²) >= 11 is 0. The van der Waals surface area contributed by atoms with Gasteiger partial charge >= 0.3 is 0 Å². The van der Waals surface area contributed by atoms with Crippen LogP contribution >= 0.6 is 0 Å². The summed E-state index contributed by atoms with van der Waals surface area (Å²) in [5, 5.41) is 5.99. The quantitative estimate of drug-likeness (QED) is 0.184. The monoisotopic (exact) mass is 693 g/mol. The van der Waals surface area contributed by atoms with E-state index in [0.717, 1.165) is 33.7 Å². The Kier molecular flexibility index (Phi) is 7.33. The van der Waals surface area contributed by atoms with E-state index >= 15 is 0 Å². The summed E-state index contributed by atoms with van der Waals surface area (Å²) in [4.78, 5) is 8.65. The third-order valence-electron chi connectivity index (χ3n) is 6.46. The molecule has 0 saturated heterocycles. The van der Waals surface area contributed by atoms with Crippen LogP contribution < -0.4 is 9.64 Å². The van der Waals surface area contributed by atoms with Crippen molar-refractivity contribution >= 4 is 16.6 Å². The Hall–Kier alpha value is -3.89. The predicted octanol–water partition coefficient (Wildman–Crippen LogP) is 7.12. The fraction of sp³-hybridized carbons (Fsp3) is 0.156. The molecule has 1 aliphatic heterocycles. The Morgan fingerprint density at radius 3 is 2.41 bits per heavy atom. The Balaban J connectivity index is 0.00000308. The van der Waals surface area contributed by atoms with E-state index in [1.54, 1.807) is 0 Å². The summed E-state index contributed by atoms with van der Waals surface area (Å²) < 4.78 is 8.11. The van der Waals surface area contributed by atoms with Crippen LogP contribution in [0.1, 0.15) is 26.3 Å². The molecule has 2 aromatic heterocycles. The van der Waals surface area contributed by atoms with E-state index in [4.69, 9.17) is 9.84 Å². The number of anilines is 1. The van der Waals surface area contributed by atoms with Gasteiger partial charge in [-0.25, -0.2) is 9.67 Å². The molecule has 3 heterocycles. The Bertz CT molecular complexity index is 1640. The summed E-state index contributed by atoms with van der Waals surface area (Å²) in [6, 6.07) is 31.0. The van der Waals surface area contributed by atoms with E-state index in [1.165, 1.54) is 5.56 Å². The van der Waals surface area contributed by atoms with E-state index in [9.17, 15) is 0 Å². The fourth-order valence-electron chi connectivity index (χ4n) is 4.42. The number of hydrogen-bond donors (Lipinski definition) is 0. The van der Waals surface area contributed by atoms with Crippen molar-refractivity contribution < 1.29 is 25.8 Å². The summed E-state index contributed by atoms with van der Waals surface area (Å²) in [5.74, 6) is 1.93. The number of aromatic nitrogens is 3. The molecule has 0 bridgehead atoms. The van der Waals surface area contributed by atoms with Crippen molar-refractivity contribution in [2.45, 2.75) is 26.2 Å². The van der Waals surface area contributed by atoms with Crippen molar-refractivity contribution in [1.82, 2.24) is 19.7 Å². The minimum absolute atomic E-state index is 0. The summed E-state index contributed by atoms with van der Waals surface area (Å²) in [6.45, 7) is 8.56. The van der Waals surface area contributed by atoms with Gasteiger partial charge in [0.05, 0.1) is 0 Å². The van der Waals surface area contributed by atoms with Gasteiger partial charge in [-0.1, -0.05) is 56.5 Å². The molecule has 1 aliphatic rings. The first-order valence-corrected chi connectivity index (χ1v) is 12.6. The maximum Gasteiger partial charge on any atom is 0.151 e. The Labute approximate surface area is 243 Å². The molecule has 0 unspecified atom stereocenters. The molecule has 7 heteroatoms. The second kappa shape index (κ2) is 10.7. The van der Waals surface area contributed by atoms with Gasteiger partial charge in [0.2, 0.25) is 0 Å². The van der Waals surface area contributed by atoms with Crippen LogP contribution in [0.4, 0.5) is 5.69 Å². The molecule has 3 aromatic carbocycles. The van der Waals surface area contributed by atoms with Gasteiger partial charge in [-0.15, -0.1) is 36.0 Å². The van der Waals surface area contributed by atoms with E-state index in [2.05, 4.69) is 62.2 Å². The van der Waals surface area contributed by atoms with Gasteiger partial charge in [-0.05, 0) is 53.6 Å². The number of hydrogen-bond acceptors (Lipinski definition) is 5. The standard InChI is InChI=1S/C32H28N5O.Pt/c1-32(2,3)24-15-16-33-30(19-24)37-29-21-27(13-14-28(29)31(34-37)23-9-6-5-7-10-23)38-26-12-8-11-25(20-26)36-18-17-35(4)22-36;/h5-19,22H,1-4H3;/q-3;. The number of nitrogens with zero attached hydrogens (tertiary/aromatic N) is 5. The molecule has 0 spiro atoms. The third-order valence-corrected chi connectivity index (χ3v) is 6.46.